The van der Waals surface area contributed by atoms with Gasteiger partial charge < -0.3 is 9.73 Å². The number of benzene rings is 2. The summed E-state index contributed by atoms with van der Waals surface area (Å²) in [5, 5.41) is 2.90. The number of hydrogen-bond acceptors (Lipinski definition) is 3. The van der Waals surface area contributed by atoms with Gasteiger partial charge in [-0.1, -0.05) is 54.1 Å². The number of nitrogens with zero attached hydrogens (tertiary/aromatic N) is 1. The predicted octanol–water partition coefficient (Wildman–Crippen LogP) is 3.62. The number of nitrogens with one attached hydrogen (secondary N) is 1. The molecule has 0 unspecified atom stereocenters. The molecule has 0 saturated carbocycles. The Kier molecular flexibility index (Phi) is 4.52. The number of oxazole rings is 1. The normalized spacial score (nSPS) is 10.5. The summed E-state index contributed by atoms with van der Waals surface area (Å²) in [5.74, 6) is 0.289. The summed E-state index contributed by atoms with van der Waals surface area (Å²) in [6.45, 7) is 2.56. The minimum atomic E-state index is -0.216. The number of aryl methyl sites for hydroxylation is 1. The van der Waals surface area contributed by atoms with Gasteiger partial charge in [0.1, 0.15) is 0 Å². The Bertz CT molecular complexity index is 794. The van der Waals surface area contributed by atoms with Gasteiger partial charge in [0, 0.05) is 12.1 Å². The summed E-state index contributed by atoms with van der Waals surface area (Å²) in [7, 11) is 0. The van der Waals surface area contributed by atoms with E-state index in [0.717, 1.165) is 17.5 Å². The van der Waals surface area contributed by atoms with Crippen LogP contribution in [0.3, 0.4) is 0 Å². The molecule has 1 aromatic heterocycles. The molecule has 116 valence electrons. The second kappa shape index (κ2) is 6.92. The lowest BCUT2D eigenvalue weighted by atomic mass is 10.1. The van der Waals surface area contributed by atoms with Crippen LogP contribution in [0.4, 0.5) is 0 Å². The number of rotatable bonds is 5. The monoisotopic (exact) mass is 306 g/mol. The number of amides is 1. The molecule has 0 radical (unpaired) electrons. The highest BCUT2D eigenvalue weighted by atomic mass is 16.3. The molecule has 1 amide bonds. The molecule has 3 aromatic rings. The van der Waals surface area contributed by atoms with Gasteiger partial charge in [-0.15, -0.1) is 0 Å². The Morgan fingerprint density at radius 1 is 1.13 bits per heavy atom. The van der Waals surface area contributed by atoms with E-state index in [4.69, 9.17) is 4.42 Å². The van der Waals surface area contributed by atoms with E-state index in [9.17, 15) is 4.79 Å². The van der Waals surface area contributed by atoms with Crippen LogP contribution in [0.5, 0.6) is 0 Å². The maximum atomic E-state index is 12.3. The van der Waals surface area contributed by atoms with Crippen LogP contribution in [0.15, 0.2) is 65.4 Å². The maximum absolute atomic E-state index is 12.3. The number of carbonyl (C=O) groups is 1. The second-order valence-corrected chi connectivity index (χ2v) is 5.39. The Morgan fingerprint density at radius 2 is 1.96 bits per heavy atom. The molecule has 0 aliphatic heterocycles. The maximum Gasteiger partial charge on any atom is 0.273 e. The molecule has 0 bridgehead atoms. The van der Waals surface area contributed by atoms with Crippen molar-refractivity contribution in [2.45, 2.75) is 13.3 Å². The Balaban J connectivity index is 1.68. The molecule has 23 heavy (non-hydrogen) atoms. The third-order valence-corrected chi connectivity index (χ3v) is 3.60. The van der Waals surface area contributed by atoms with Crippen LogP contribution in [0.25, 0.3) is 11.3 Å². The van der Waals surface area contributed by atoms with E-state index in [0.29, 0.717) is 18.0 Å². The third kappa shape index (κ3) is 3.66. The highest BCUT2D eigenvalue weighted by Crippen LogP contribution is 2.23. The summed E-state index contributed by atoms with van der Waals surface area (Å²) in [4.78, 5) is 16.4. The van der Waals surface area contributed by atoms with Gasteiger partial charge >= 0.3 is 0 Å². The van der Waals surface area contributed by atoms with E-state index < -0.39 is 0 Å². The van der Waals surface area contributed by atoms with Crippen molar-refractivity contribution >= 4 is 5.91 Å². The highest BCUT2D eigenvalue weighted by molar-refractivity contribution is 5.97. The van der Waals surface area contributed by atoms with Gasteiger partial charge in [-0.3, -0.25) is 4.79 Å². The molecule has 0 spiro atoms. The van der Waals surface area contributed by atoms with E-state index in [-0.39, 0.29) is 5.91 Å². The Labute approximate surface area is 135 Å². The summed E-state index contributed by atoms with van der Waals surface area (Å²) < 4.78 is 5.42. The Hall–Kier alpha value is -2.88. The largest absolute Gasteiger partial charge is 0.443 e. The van der Waals surface area contributed by atoms with Crippen LogP contribution < -0.4 is 5.32 Å². The average Bonchev–Trinajstić information content (AvgIpc) is 3.05. The second-order valence-electron chi connectivity index (χ2n) is 5.39. The molecular formula is C19H18N2O2. The molecule has 3 rings (SSSR count). The highest BCUT2D eigenvalue weighted by Gasteiger charge is 2.17. The molecule has 0 fully saturated rings. The zero-order valence-electron chi connectivity index (χ0n) is 13.0. The quantitative estimate of drug-likeness (QED) is 0.783. The molecule has 0 aliphatic rings. The first-order valence-electron chi connectivity index (χ1n) is 7.56. The fourth-order valence-corrected chi connectivity index (χ4v) is 2.45. The van der Waals surface area contributed by atoms with Gasteiger partial charge in [0.05, 0.1) is 0 Å². The van der Waals surface area contributed by atoms with Crippen LogP contribution >= 0.6 is 0 Å². The van der Waals surface area contributed by atoms with E-state index in [1.165, 1.54) is 12.0 Å². The van der Waals surface area contributed by atoms with Crippen molar-refractivity contribution in [2.24, 2.45) is 0 Å². The summed E-state index contributed by atoms with van der Waals surface area (Å²) >= 11 is 0. The zero-order chi connectivity index (χ0) is 16.1. The third-order valence-electron chi connectivity index (χ3n) is 3.60. The topological polar surface area (TPSA) is 55.1 Å². The van der Waals surface area contributed by atoms with Gasteiger partial charge in [-0.2, -0.15) is 0 Å². The molecule has 2 aromatic carbocycles. The SMILES string of the molecule is Cc1cccc(-c2ocnc2C(=O)NCCc2ccccc2)c1. The lowest BCUT2D eigenvalue weighted by Crippen LogP contribution is -2.26. The van der Waals surface area contributed by atoms with Crippen molar-refractivity contribution in [1.82, 2.24) is 10.3 Å². The van der Waals surface area contributed by atoms with E-state index in [2.05, 4.69) is 10.3 Å². The first-order chi connectivity index (χ1) is 11.2. The zero-order valence-corrected chi connectivity index (χ0v) is 13.0. The van der Waals surface area contributed by atoms with Gasteiger partial charge in [0.25, 0.3) is 5.91 Å². The van der Waals surface area contributed by atoms with Crippen molar-refractivity contribution in [1.29, 1.82) is 0 Å². The standard InChI is InChI=1S/C19H18N2O2/c1-14-6-5-9-16(12-14)18-17(21-13-23-18)19(22)20-11-10-15-7-3-2-4-8-15/h2-9,12-13H,10-11H2,1H3,(H,20,22). The summed E-state index contributed by atoms with van der Waals surface area (Å²) in [5.41, 5.74) is 3.47. The number of aromatic nitrogens is 1. The van der Waals surface area contributed by atoms with E-state index >= 15 is 0 Å². The number of hydrogen-bond donors (Lipinski definition) is 1. The fourth-order valence-electron chi connectivity index (χ4n) is 2.45. The predicted molar refractivity (Wildman–Crippen MR) is 89.2 cm³/mol. The smallest absolute Gasteiger partial charge is 0.273 e. The van der Waals surface area contributed by atoms with E-state index in [1.807, 2.05) is 61.5 Å². The van der Waals surface area contributed by atoms with Gasteiger partial charge in [0.15, 0.2) is 17.8 Å². The average molecular weight is 306 g/mol. The molecule has 4 heteroatoms. The Morgan fingerprint density at radius 3 is 2.74 bits per heavy atom. The van der Waals surface area contributed by atoms with Crippen molar-refractivity contribution in [3.8, 4) is 11.3 Å². The number of carbonyl (C=O) groups excluding carboxylic acids is 1. The van der Waals surface area contributed by atoms with Crippen molar-refractivity contribution in [3.63, 3.8) is 0 Å². The lowest BCUT2D eigenvalue weighted by molar-refractivity contribution is 0.0950. The van der Waals surface area contributed by atoms with Crippen molar-refractivity contribution < 1.29 is 9.21 Å². The minimum absolute atomic E-state index is 0.216. The van der Waals surface area contributed by atoms with Crippen LogP contribution in [0.1, 0.15) is 21.6 Å². The first-order valence-corrected chi connectivity index (χ1v) is 7.56. The van der Waals surface area contributed by atoms with Gasteiger partial charge in [-0.05, 0) is 25.0 Å². The van der Waals surface area contributed by atoms with Gasteiger partial charge in [-0.25, -0.2) is 4.98 Å². The van der Waals surface area contributed by atoms with Crippen LogP contribution in [-0.2, 0) is 6.42 Å². The fraction of sp³-hybridized carbons (Fsp3) is 0.158. The first kappa shape index (κ1) is 15.0. The minimum Gasteiger partial charge on any atom is -0.443 e. The molecule has 1 heterocycles. The summed E-state index contributed by atoms with van der Waals surface area (Å²) in [6, 6.07) is 17.9. The molecule has 0 atom stereocenters. The lowest BCUT2D eigenvalue weighted by Gasteiger charge is -2.05. The van der Waals surface area contributed by atoms with Crippen LogP contribution in [0.2, 0.25) is 0 Å². The van der Waals surface area contributed by atoms with Crippen molar-refractivity contribution in [3.05, 3.63) is 77.8 Å². The summed E-state index contributed by atoms with van der Waals surface area (Å²) in [6.07, 6.45) is 2.09. The van der Waals surface area contributed by atoms with E-state index in [1.54, 1.807) is 0 Å². The molecular weight excluding hydrogens is 288 g/mol. The van der Waals surface area contributed by atoms with Crippen LogP contribution in [0, 0.1) is 6.92 Å². The molecule has 0 aliphatic carbocycles. The molecule has 4 nitrogen and oxygen atoms in total. The molecule has 0 saturated heterocycles. The van der Waals surface area contributed by atoms with Crippen molar-refractivity contribution in [2.75, 3.05) is 6.54 Å². The molecule has 1 N–H and O–H groups in total. The van der Waals surface area contributed by atoms with Crippen LogP contribution in [-0.4, -0.2) is 17.4 Å². The van der Waals surface area contributed by atoms with Gasteiger partial charge in [0.2, 0.25) is 0 Å².